The molecule has 0 unspecified atom stereocenters. The smallest absolute Gasteiger partial charge is 0.309 e. The van der Waals surface area contributed by atoms with Gasteiger partial charge in [-0.25, -0.2) is 12.8 Å². The fourth-order valence-corrected chi connectivity index (χ4v) is 6.05. The van der Waals surface area contributed by atoms with Crippen molar-refractivity contribution in [2.75, 3.05) is 13.1 Å². The Labute approximate surface area is 177 Å². The van der Waals surface area contributed by atoms with E-state index in [-0.39, 0.29) is 29.1 Å². The van der Waals surface area contributed by atoms with E-state index in [0.717, 1.165) is 38.5 Å². The molecular formula is C21H30FN3O4S. The van der Waals surface area contributed by atoms with Crippen LogP contribution in [0, 0.1) is 12.7 Å². The summed E-state index contributed by atoms with van der Waals surface area (Å²) in [6.07, 6.45) is 6.68. The molecule has 0 bridgehead atoms. The average Bonchev–Trinajstić information content (AvgIpc) is 3.23. The van der Waals surface area contributed by atoms with Crippen LogP contribution in [0.4, 0.5) is 4.39 Å². The van der Waals surface area contributed by atoms with Crippen LogP contribution >= 0.6 is 0 Å². The lowest BCUT2D eigenvalue weighted by Crippen LogP contribution is -2.47. The molecule has 2 aliphatic rings. The molecule has 1 atom stereocenters. The molecular weight excluding hydrogens is 409 g/mol. The predicted octanol–water partition coefficient (Wildman–Crippen LogP) is 2.24. The molecule has 0 radical (unpaired) electrons. The van der Waals surface area contributed by atoms with Crippen molar-refractivity contribution in [2.24, 2.45) is 0 Å². The fourth-order valence-electron chi connectivity index (χ4n) is 4.25. The normalized spacial score (nSPS) is 20.8. The molecule has 2 N–H and O–H groups in total. The highest BCUT2D eigenvalue weighted by Gasteiger charge is 2.33. The van der Waals surface area contributed by atoms with Gasteiger partial charge in [0.2, 0.25) is 10.0 Å². The maximum atomic E-state index is 13.6. The minimum Gasteiger partial charge on any atom is -0.348 e. The second kappa shape index (κ2) is 9.87. The summed E-state index contributed by atoms with van der Waals surface area (Å²) in [5.74, 6) is -1.75. The third kappa shape index (κ3) is 5.37. The maximum absolute atomic E-state index is 13.6. The van der Waals surface area contributed by atoms with E-state index in [0.29, 0.717) is 19.4 Å². The van der Waals surface area contributed by atoms with Crippen LogP contribution in [0.25, 0.3) is 0 Å². The van der Waals surface area contributed by atoms with Crippen LogP contribution in [0.15, 0.2) is 23.1 Å². The molecule has 7 nitrogen and oxygen atoms in total. The van der Waals surface area contributed by atoms with Crippen LogP contribution < -0.4 is 10.6 Å². The van der Waals surface area contributed by atoms with E-state index in [9.17, 15) is 22.4 Å². The molecule has 2 fully saturated rings. The van der Waals surface area contributed by atoms with E-state index < -0.39 is 27.7 Å². The lowest BCUT2D eigenvalue weighted by molar-refractivity contribution is -0.139. The molecule has 1 aromatic rings. The van der Waals surface area contributed by atoms with Crippen LogP contribution in [-0.2, 0) is 19.6 Å². The van der Waals surface area contributed by atoms with Gasteiger partial charge in [0.15, 0.2) is 0 Å². The molecule has 0 spiro atoms. The summed E-state index contributed by atoms with van der Waals surface area (Å²) in [7, 11) is -3.76. The van der Waals surface area contributed by atoms with E-state index >= 15 is 0 Å². The van der Waals surface area contributed by atoms with Gasteiger partial charge in [0, 0.05) is 25.2 Å². The first-order chi connectivity index (χ1) is 14.3. The Morgan fingerprint density at radius 3 is 2.50 bits per heavy atom. The number of nitrogens with zero attached hydrogens (tertiary/aromatic N) is 1. The zero-order valence-electron chi connectivity index (χ0n) is 17.3. The number of aryl methyl sites for hydroxylation is 1. The Kier molecular flexibility index (Phi) is 7.46. The van der Waals surface area contributed by atoms with Crippen molar-refractivity contribution in [3.05, 3.63) is 29.6 Å². The number of rotatable bonds is 6. The molecule has 9 heteroatoms. The molecule has 166 valence electrons. The maximum Gasteiger partial charge on any atom is 0.309 e. The second-order valence-corrected chi connectivity index (χ2v) is 10.1. The highest BCUT2D eigenvalue weighted by atomic mass is 32.2. The molecule has 2 amide bonds. The van der Waals surface area contributed by atoms with Crippen molar-refractivity contribution >= 4 is 21.8 Å². The summed E-state index contributed by atoms with van der Waals surface area (Å²) in [6, 6.07) is 3.61. The molecule has 30 heavy (non-hydrogen) atoms. The van der Waals surface area contributed by atoms with Crippen molar-refractivity contribution < 1.29 is 22.4 Å². The monoisotopic (exact) mass is 439 g/mol. The van der Waals surface area contributed by atoms with Crippen molar-refractivity contribution in [1.29, 1.82) is 0 Å². The zero-order valence-corrected chi connectivity index (χ0v) is 18.1. The van der Waals surface area contributed by atoms with E-state index in [4.69, 9.17) is 0 Å². The van der Waals surface area contributed by atoms with Crippen molar-refractivity contribution in [2.45, 2.75) is 75.3 Å². The first-order valence-electron chi connectivity index (χ1n) is 10.7. The number of carbonyl (C=O) groups excluding carboxylic acids is 2. The highest BCUT2D eigenvalue weighted by molar-refractivity contribution is 7.89. The number of carbonyl (C=O) groups is 2. The Hall–Kier alpha value is -2.00. The topological polar surface area (TPSA) is 95.6 Å². The molecule has 1 aliphatic heterocycles. The van der Waals surface area contributed by atoms with Gasteiger partial charge in [0.05, 0.1) is 4.90 Å². The molecule has 1 aromatic carbocycles. The first-order valence-corrected chi connectivity index (χ1v) is 12.1. The highest BCUT2D eigenvalue weighted by Crippen LogP contribution is 2.27. The van der Waals surface area contributed by atoms with Crippen LogP contribution in [0.2, 0.25) is 0 Å². The fraction of sp³-hybridized carbons (Fsp3) is 0.619. The van der Waals surface area contributed by atoms with E-state index in [1.54, 1.807) is 0 Å². The van der Waals surface area contributed by atoms with Crippen LogP contribution in [0.3, 0.4) is 0 Å². The van der Waals surface area contributed by atoms with Crippen molar-refractivity contribution in [3.8, 4) is 0 Å². The van der Waals surface area contributed by atoms with Gasteiger partial charge in [-0.1, -0.05) is 19.3 Å². The first kappa shape index (κ1) is 22.7. The van der Waals surface area contributed by atoms with Crippen LogP contribution in [0.5, 0.6) is 0 Å². The lowest BCUT2D eigenvalue weighted by atomic mass is 10.0. The van der Waals surface area contributed by atoms with Crippen LogP contribution in [0.1, 0.15) is 56.9 Å². The Balaban J connectivity index is 1.58. The molecule has 3 rings (SSSR count). The number of amides is 2. The summed E-state index contributed by atoms with van der Waals surface area (Å²) in [5, 5.41) is 5.35. The van der Waals surface area contributed by atoms with Gasteiger partial charge in [-0.2, -0.15) is 4.31 Å². The second-order valence-electron chi connectivity index (χ2n) is 8.18. The Bertz CT molecular complexity index is 884. The van der Waals surface area contributed by atoms with Crippen LogP contribution in [-0.4, -0.2) is 49.7 Å². The molecule has 1 saturated carbocycles. The molecule has 1 saturated heterocycles. The van der Waals surface area contributed by atoms with Gasteiger partial charge in [-0.05, 0) is 62.8 Å². The standard InChI is InChI=1S/C21H30FN3O4S/c1-15-14-18(9-10-19(15)22)30(28,29)25-13-5-4-8-17(25)11-12-23-20(26)21(27)24-16-6-2-3-7-16/h9-10,14,16-17H,2-8,11-13H2,1H3,(H,23,26)(H,24,27)/t17-/m1/s1. The van der Waals surface area contributed by atoms with Gasteiger partial charge < -0.3 is 10.6 Å². The van der Waals surface area contributed by atoms with Gasteiger partial charge in [-0.15, -0.1) is 0 Å². The summed E-state index contributed by atoms with van der Waals surface area (Å²) in [5.41, 5.74) is 0.283. The Morgan fingerprint density at radius 2 is 1.80 bits per heavy atom. The number of hydrogen-bond donors (Lipinski definition) is 2. The molecule has 0 aromatic heterocycles. The SMILES string of the molecule is Cc1cc(S(=O)(=O)N2CCCC[C@@H]2CCNC(=O)C(=O)NC2CCCC2)ccc1F. The summed E-state index contributed by atoms with van der Waals surface area (Å²) in [4.78, 5) is 24.1. The molecule has 1 aliphatic carbocycles. The van der Waals surface area contributed by atoms with Gasteiger partial charge >= 0.3 is 11.8 Å². The number of nitrogens with one attached hydrogen (secondary N) is 2. The van der Waals surface area contributed by atoms with Gasteiger partial charge in [0.25, 0.3) is 0 Å². The van der Waals surface area contributed by atoms with Crippen molar-refractivity contribution in [3.63, 3.8) is 0 Å². The van der Waals surface area contributed by atoms with E-state index in [2.05, 4.69) is 10.6 Å². The average molecular weight is 440 g/mol. The van der Waals surface area contributed by atoms with Gasteiger partial charge in [0.1, 0.15) is 5.82 Å². The third-order valence-electron chi connectivity index (χ3n) is 5.97. The summed E-state index contributed by atoms with van der Waals surface area (Å²) in [6.45, 7) is 2.14. The Morgan fingerprint density at radius 1 is 1.10 bits per heavy atom. The van der Waals surface area contributed by atoms with E-state index in [1.807, 2.05) is 0 Å². The zero-order chi connectivity index (χ0) is 21.7. The molecule has 1 heterocycles. The van der Waals surface area contributed by atoms with Gasteiger partial charge in [-0.3, -0.25) is 9.59 Å². The number of hydrogen-bond acceptors (Lipinski definition) is 4. The number of sulfonamides is 1. The minimum atomic E-state index is -3.76. The number of piperidine rings is 1. The summed E-state index contributed by atoms with van der Waals surface area (Å²) < 4.78 is 41.2. The van der Waals surface area contributed by atoms with Crippen molar-refractivity contribution in [1.82, 2.24) is 14.9 Å². The largest absolute Gasteiger partial charge is 0.348 e. The minimum absolute atomic E-state index is 0.0707. The summed E-state index contributed by atoms with van der Waals surface area (Å²) >= 11 is 0. The lowest BCUT2D eigenvalue weighted by Gasteiger charge is -2.34. The number of halogens is 1. The number of benzene rings is 1. The van der Waals surface area contributed by atoms with E-state index in [1.165, 1.54) is 29.4 Å². The third-order valence-corrected chi connectivity index (χ3v) is 7.92. The predicted molar refractivity (Wildman–Crippen MR) is 111 cm³/mol. The quantitative estimate of drug-likeness (QED) is 0.665.